The van der Waals surface area contributed by atoms with E-state index in [1.54, 1.807) is 5.51 Å². The highest BCUT2D eigenvalue weighted by Gasteiger charge is 2.24. The number of hydrogen-bond acceptors (Lipinski definition) is 3. The fourth-order valence-electron chi connectivity index (χ4n) is 1.97. The van der Waals surface area contributed by atoms with Gasteiger partial charge in [0.25, 0.3) is 5.91 Å². The summed E-state index contributed by atoms with van der Waals surface area (Å²) in [6, 6.07) is 0.334. The molecule has 0 saturated heterocycles. The number of amides is 1. The Labute approximate surface area is 101 Å². The third-order valence-corrected chi connectivity index (χ3v) is 4.32. The lowest BCUT2D eigenvalue weighted by Crippen LogP contribution is -2.33. The monoisotopic (exact) mass is 288 g/mol. The summed E-state index contributed by atoms with van der Waals surface area (Å²) >= 11 is 4.76. The first-order chi connectivity index (χ1) is 7.16. The van der Waals surface area contributed by atoms with Crippen molar-refractivity contribution in [3.63, 3.8) is 0 Å². The summed E-state index contributed by atoms with van der Waals surface area (Å²) in [5.74, 6) is 0.677. The summed E-state index contributed by atoms with van der Waals surface area (Å²) in [6.45, 7) is 2.23. The van der Waals surface area contributed by atoms with Crippen molar-refractivity contribution in [3.05, 3.63) is 15.0 Å². The zero-order valence-corrected chi connectivity index (χ0v) is 10.9. The second-order valence-electron chi connectivity index (χ2n) is 4.06. The average molecular weight is 289 g/mol. The predicted octanol–water partition coefficient (Wildman–Crippen LogP) is 2.82. The molecule has 1 amide bonds. The van der Waals surface area contributed by atoms with Crippen molar-refractivity contribution in [2.75, 3.05) is 0 Å². The van der Waals surface area contributed by atoms with Crippen LogP contribution in [0.5, 0.6) is 0 Å². The van der Waals surface area contributed by atoms with E-state index in [9.17, 15) is 4.79 Å². The van der Waals surface area contributed by atoms with Gasteiger partial charge in [-0.2, -0.15) is 0 Å². The van der Waals surface area contributed by atoms with Gasteiger partial charge in [0.15, 0.2) is 5.69 Å². The van der Waals surface area contributed by atoms with Crippen molar-refractivity contribution in [1.82, 2.24) is 10.3 Å². The van der Waals surface area contributed by atoms with E-state index in [2.05, 4.69) is 33.2 Å². The molecule has 2 unspecified atom stereocenters. The number of thiazole rings is 1. The number of halogens is 1. The van der Waals surface area contributed by atoms with Crippen LogP contribution in [-0.2, 0) is 0 Å². The number of nitrogens with one attached hydrogen (secondary N) is 1. The van der Waals surface area contributed by atoms with Crippen molar-refractivity contribution >= 4 is 33.2 Å². The van der Waals surface area contributed by atoms with E-state index < -0.39 is 0 Å². The Bertz CT molecular complexity index is 366. The molecular formula is C10H13BrN2OS. The van der Waals surface area contributed by atoms with Crippen molar-refractivity contribution in [3.8, 4) is 0 Å². The molecule has 1 heterocycles. The molecule has 82 valence electrons. The van der Waals surface area contributed by atoms with Gasteiger partial charge in [-0.05, 0) is 41.1 Å². The molecular weight excluding hydrogens is 276 g/mol. The van der Waals surface area contributed by atoms with E-state index in [0.717, 1.165) is 22.5 Å². The molecule has 3 nitrogen and oxygen atoms in total. The lowest BCUT2D eigenvalue weighted by atomic mass is 10.1. The third-order valence-electron chi connectivity index (χ3n) is 2.77. The zero-order chi connectivity index (χ0) is 10.8. The molecule has 0 aliphatic heterocycles. The molecule has 2 atom stereocenters. The number of carbonyl (C=O) groups excluding carboxylic acids is 1. The highest BCUT2D eigenvalue weighted by molar-refractivity contribution is 9.11. The van der Waals surface area contributed by atoms with Crippen molar-refractivity contribution < 1.29 is 4.79 Å². The summed E-state index contributed by atoms with van der Waals surface area (Å²) in [4.78, 5) is 15.8. The fourth-order valence-corrected chi connectivity index (χ4v) is 3.01. The van der Waals surface area contributed by atoms with Gasteiger partial charge in [-0.3, -0.25) is 4.79 Å². The third kappa shape index (κ3) is 2.58. The van der Waals surface area contributed by atoms with Gasteiger partial charge in [0.1, 0.15) is 3.79 Å². The van der Waals surface area contributed by atoms with E-state index in [4.69, 9.17) is 0 Å². The van der Waals surface area contributed by atoms with Crippen LogP contribution in [0.1, 0.15) is 36.7 Å². The van der Waals surface area contributed by atoms with Crippen LogP contribution in [0.4, 0.5) is 0 Å². The lowest BCUT2D eigenvalue weighted by molar-refractivity contribution is 0.0932. The van der Waals surface area contributed by atoms with Crippen LogP contribution < -0.4 is 5.32 Å². The first kappa shape index (κ1) is 11.1. The largest absolute Gasteiger partial charge is 0.348 e. The van der Waals surface area contributed by atoms with Gasteiger partial charge in [0, 0.05) is 6.04 Å². The SMILES string of the molecule is CC1CCC(NC(=O)c2ncsc2Br)C1. The minimum Gasteiger partial charge on any atom is -0.348 e. The standard InChI is InChI=1S/C10H13BrN2OS/c1-6-2-3-7(4-6)13-10(14)8-9(11)15-5-12-8/h5-7H,2-4H2,1H3,(H,13,14). The molecule has 0 aromatic carbocycles. The Morgan fingerprint density at radius 2 is 2.47 bits per heavy atom. The van der Waals surface area contributed by atoms with Crippen molar-refractivity contribution in [1.29, 1.82) is 0 Å². The number of carbonyl (C=O) groups is 1. The highest BCUT2D eigenvalue weighted by atomic mass is 79.9. The van der Waals surface area contributed by atoms with Gasteiger partial charge < -0.3 is 5.32 Å². The first-order valence-corrected chi connectivity index (χ1v) is 6.74. The molecule has 1 N–H and O–H groups in total. The molecule has 1 fully saturated rings. The molecule has 1 aromatic heterocycles. The molecule has 1 saturated carbocycles. The van der Waals surface area contributed by atoms with Crippen molar-refractivity contribution in [2.24, 2.45) is 5.92 Å². The molecule has 0 radical (unpaired) electrons. The molecule has 15 heavy (non-hydrogen) atoms. The predicted molar refractivity (Wildman–Crippen MR) is 64.1 cm³/mol. The number of rotatable bonds is 2. The quantitative estimate of drug-likeness (QED) is 0.909. The number of nitrogens with zero attached hydrogens (tertiary/aromatic N) is 1. The Morgan fingerprint density at radius 1 is 1.67 bits per heavy atom. The van der Waals surface area contributed by atoms with Gasteiger partial charge in [0.2, 0.25) is 0 Å². The summed E-state index contributed by atoms with van der Waals surface area (Å²) in [5, 5.41) is 3.03. The maximum Gasteiger partial charge on any atom is 0.272 e. The minimum absolute atomic E-state index is 0.0535. The molecule has 2 rings (SSSR count). The van der Waals surface area contributed by atoms with Gasteiger partial charge in [-0.25, -0.2) is 4.98 Å². The fraction of sp³-hybridized carbons (Fsp3) is 0.600. The van der Waals surface area contributed by atoms with Crippen molar-refractivity contribution in [2.45, 2.75) is 32.2 Å². The Balaban J connectivity index is 1.96. The van der Waals surface area contributed by atoms with Crippen LogP contribution in [0.25, 0.3) is 0 Å². The molecule has 5 heteroatoms. The van der Waals surface area contributed by atoms with Gasteiger partial charge >= 0.3 is 0 Å². The molecule has 0 spiro atoms. The van der Waals surface area contributed by atoms with E-state index >= 15 is 0 Å². The topological polar surface area (TPSA) is 42.0 Å². The maximum absolute atomic E-state index is 11.8. The molecule has 0 bridgehead atoms. The van der Waals surface area contributed by atoms with Gasteiger partial charge in [-0.1, -0.05) is 6.92 Å². The van der Waals surface area contributed by atoms with Crippen LogP contribution in [0.2, 0.25) is 0 Å². The van der Waals surface area contributed by atoms with Crippen LogP contribution in [0.15, 0.2) is 9.30 Å². The smallest absolute Gasteiger partial charge is 0.272 e. The van der Waals surface area contributed by atoms with E-state index in [1.807, 2.05) is 0 Å². The van der Waals surface area contributed by atoms with Crippen LogP contribution in [0, 0.1) is 5.92 Å². The molecule has 1 aliphatic rings. The average Bonchev–Trinajstić information content (AvgIpc) is 2.75. The van der Waals surface area contributed by atoms with Gasteiger partial charge in [-0.15, -0.1) is 11.3 Å². The number of aromatic nitrogens is 1. The highest BCUT2D eigenvalue weighted by Crippen LogP contribution is 2.26. The van der Waals surface area contributed by atoms with E-state index in [1.165, 1.54) is 17.8 Å². The first-order valence-electron chi connectivity index (χ1n) is 5.06. The lowest BCUT2D eigenvalue weighted by Gasteiger charge is -2.11. The van der Waals surface area contributed by atoms with Crippen LogP contribution >= 0.6 is 27.3 Å². The Hall–Kier alpha value is -0.420. The summed E-state index contributed by atoms with van der Waals surface area (Å²) in [5.41, 5.74) is 2.19. The zero-order valence-electron chi connectivity index (χ0n) is 8.50. The molecule has 1 aromatic rings. The van der Waals surface area contributed by atoms with Crippen LogP contribution in [0.3, 0.4) is 0 Å². The minimum atomic E-state index is -0.0535. The van der Waals surface area contributed by atoms with E-state index in [-0.39, 0.29) is 5.91 Å². The second kappa shape index (κ2) is 4.61. The molecule has 1 aliphatic carbocycles. The number of hydrogen-bond donors (Lipinski definition) is 1. The Morgan fingerprint density at radius 3 is 3.00 bits per heavy atom. The maximum atomic E-state index is 11.8. The summed E-state index contributed by atoms with van der Waals surface area (Å²) < 4.78 is 0.811. The second-order valence-corrected chi connectivity index (χ2v) is 6.24. The van der Waals surface area contributed by atoms with Gasteiger partial charge in [0.05, 0.1) is 5.51 Å². The summed E-state index contributed by atoms with van der Waals surface area (Å²) in [6.07, 6.45) is 3.39. The van der Waals surface area contributed by atoms with E-state index in [0.29, 0.717) is 11.7 Å². The Kier molecular flexibility index (Phi) is 3.41. The summed E-state index contributed by atoms with van der Waals surface area (Å²) in [7, 11) is 0. The normalized spacial score (nSPS) is 25.5. The van der Waals surface area contributed by atoms with Crippen LogP contribution in [-0.4, -0.2) is 16.9 Å².